The molecule has 0 amide bonds. The van der Waals surface area contributed by atoms with Gasteiger partial charge in [-0.05, 0) is 20.2 Å². The van der Waals surface area contributed by atoms with Crippen molar-refractivity contribution in [2.45, 2.75) is 0 Å². The maximum atomic E-state index is 9.08. The van der Waals surface area contributed by atoms with Crippen molar-refractivity contribution in [3.05, 3.63) is 12.3 Å². The second-order valence-electron chi connectivity index (χ2n) is 2.55. The lowest BCUT2D eigenvalue weighted by atomic mass is 10.6. The van der Waals surface area contributed by atoms with Gasteiger partial charge in [-0.1, -0.05) is 0 Å². The van der Waals surface area contributed by atoms with Gasteiger partial charge in [-0.3, -0.25) is 0 Å². The molecule has 0 aliphatic carbocycles. The van der Waals surface area contributed by atoms with Crippen molar-refractivity contribution in [2.75, 3.05) is 33.9 Å². The minimum absolute atomic E-state index is 0.153. The van der Waals surface area contributed by atoms with Gasteiger partial charge in [0.05, 0.1) is 19.5 Å². The number of aliphatic hydroxyl groups excluding tert-OH is 1. The molecule has 0 aliphatic rings. The van der Waals surface area contributed by atoms with Gasteiger partial charge in [-0.25, -0.2) is 0 Å². The molecule has 0 rings (SSSR count). The molecular formula is C7H16NO4P. The number of hydrogen-bond acceptors (Lipinski definition) is 5. The van der Waals surface area contributed by atoms with Crippen molar-refractivity contribution in [1.29, 1.82) is 0 Å². The van der Waals surface area contributed by atoms with Gasteiger partial charge in [0, 0.05) is 6.54 Å². The Kier molecular flexibility index (Phi) is 8.29. The van der Waals surface area contributed by atoms with Gasteiger partial charge in [0.15, 0.2) is 0 Å². The summed E-state index contributed by atoms with van der Waals surface area (Å²) < 4.78 is 9.74. The van der Waals surface area contributed by atoms with Crippen molar-refractivity contribution >= 4 is 8.60 Å². The highest BCUT2D eigenvalue weighted by Gasteiger charge is 2.04. The van der Waals surface area contributed by atoms with E-state index in [1.165, 1.54) is 6.08 Å². The van der Waals surface area contributed by atoms with E-state index in [4.69, 9.17) is 19.0 Å². The Labute approximate surface area is 79.6 Å². The number of likely N-dealkylation sites (N-methyl/N-ethyl adjacent to an activating group) is 1. The molecule has 0 aliphatic heterocycles. The van der Waals surface area contributed by atoms with Gasteiger partial charge in [-0.2, -0.15) is 0 Å². The summed E-state index contributed by atoms with van der Waals surface area (Å²) in [5.41, 5.74) is 0. The highest BCUT2D eigenvalue weighted by Crippen LogP contribution is 2.31. The van der Waals surface area contributed by atoms with Crippen LogP contribution in [0.5, 0.6) is 0 Å². The predicted octanol–water partition coefficient (Wildman–Crippen LogP) is 0.872. The Bertz CT molecular complexity index is 142. The van der Waals surface area contributed by atoms with E-state index in [-0.39, 0.29) is 6.61 Å². The zero-order chi connectivity index (χ0) is 10.1. The maximum absolute atomic E-state index is 9.08. The minimum atomic E-state index is -1.81. The van der Waals surface area contributed by atoms with Crippen molar-refractivity contribution in [3.63, 3.8) is 0 Å². The monoisotopic (exact) mass is 209 g/mol. The molecule has 5 nitrogen and oxygen atoms in total. The first kappa shape index (κ1) is 12.8. The number of rotatable bonds is 7. The van der Waals surface area contributed by atoms with Gasteiger partial charge >= 0.3 is 8.60 Å². The Morgan fingerprint density at radius 3 is 2.62 bits per heavy atom. The van der Waals surface area contributed by atoms with Crippen LogP contribution in [-0.2, 0) is 9.05 Å². The smallest absolute Gasteiger partial charge is 0.330 e. The summed E-state index contributed by atoms with van der Waals surface area (Å²) >= 11 is 0. The lowest BCUT2D eigenvalue weighted by molar-refractivity contribution is 0.196. The third kappa shape index (κ3) is 9.73. The molecule has 6 heteroatoms. The fourth-order valence-electron chi connectivity index (χ4n) is 0.489. The van der Waals surface area contributed by atoms with Crippen LogP contribution in [0.4, 0.5) is 0 Å². The quantitative estimate of drug-likeness (QED) is 0.481. The summed E-state index contributed by atoms with van der Waals surface area (Å²) in [6.07, 6.45) is 2.24. The summed E-state index contributed by atoms with van der Waals surface area (Å²) in [4.78, 5) is 11.0. The Hall–Kier alpha value is -0.190. The van der Waals surface area contributed by atoms with Crippen LogP contribution in [0.25, 0.3) is 0 Å². The summed E-state index contributed by atoms with van der Waals surface area (Å²) in [5, 5.41) is 8.25. The minimum Gasteiger partial charge on any atom is -0.516 e. The van der Waals surface area contributed by atoms with E-state index in [0.717, 1.165) is 12.8 Å². The van der Waals surface area contributed by atoms with Crippen LogP contribution in [0.1, 0.15) is 0 Å². The molecule has 13 heavy (non-hydrogen) atoms. The standard InChI is InChI=1S/C7H16NO4P/c1-8(2)4-7-12-13(10)11-6-3-5-9/h3,5,9-10H,4,6-7H2,1-2H3/b5-3+. The van der Waals surface area contributed by atoms with Crippen molar-refractivity contribution in [1.82, 2.24) is 4.90 Å². The van der Waals surface area contributed by atoms with Crippen LogP contribution in [0.2, 0.25) is 0 Å². The molecule has 0 saturated heterocycles. The van der Waals surface area contributed by atoms with Crippen LogP contribution in [-0.4, -0.2) is 48.8 Å². The molecule has 0 fully saturated rings. The Balaban J connectivity index is 3.24. The highest BCUT2D eigenvalue weighted by molar-refractivity contribution is 7.40. The van der Waals surface area contributed by atoms with Gasteiger partial charge in [0.1, 0.15) is 0 Å². The predicted molar refractivity (Wildman–Crippen MR) is 51.4 cm³/mol. The molecular weight excluding hydrogens is 193 g/mol. The van der Waals surface area contributed by atoms with E-state index in [1.54, 1.807) is 0 Å². The number of nitrogens with zero attached hydrogens (tertiary/aromatic N) is 1. The lowest BCUT2D eigenvalue weighted by Crippen LogP contribution is -2.17. The van der Waals surface area contributed by atoms with E-state index in [0.29, 0.717) is 6.61 Å². The third-order valence-electron chi connectivity index (χ3n) is 1.13. The molecule has 0 saturated carbocycles. The number of hydrogen-bond donors (Lipinski definition) is 2. The molecule has 0 heterocycles. The molecule has 0 aromatic heterocycles. The molecule has 0 aromatic rings. The largest absolute Gasteiger partial charge is 0.516 e. The molecule has 0 spiro atoms. The fraction of sp³-hybridized carbons (Fsp3) is 0.714. The third-order valence-corrected chi connectivity index (χ3v) is 1.90. The van der Waals surface area contributed by atoms with Crippen LogP contribution >= 0.6 is 8.60 Å². The van der Waals surface area contributed by atoms with Crippen LogP contribution in [0.3, 0.4) is 0 Å². The molecule has 0 aromatic carbocycles. The summed E-state index contributed by atoms with van der Waals surface area (Å²) in [6, 6.07) is 0. The second kappa shape index (κ2) is 8.41. The first-order chi connectivity index (χ1) is 6.16. The van der Waals surface area contributed by atoms with Gasteiger partial charge in [0.25, 0.3) is 0 Å². The summed E-state index contributed by atoms with van der Waals surface area (Å²) in [5.74, 6) is 0. The van der Waals surface area contributed by atoms with E-state index in [1.807, 2.05) is 19.0 Å². The zero-order valence-corrected chi connectivity index (χ0v) is 8.78. The van der Waals surface area contributed by atoms with E-state index in [2.05, 4.69) is 0 Å². The number of aliphatic hydroxyl groups is 1. The van der Waals surface area contributed by atoms with E-state index < -0.39 is 8.60 Å². The van der Waals surface area contributed by atoms with Crippen molar-refractivity contribution in [3.8, 4) is 0 Å². The Morgan fingerprint density at radius 1 is 1.38 bits per heavy atom. The summed E-state index contributed by atoms with van der Waals surface area (Å²) in [7, 11) is 2.02. The second-order valence-corrected chi connectivity index (χ2v) is 3.55. The molecule has 1 atom stereocenters. The summed E-state index contributed by atoms with van der Waals surface area (Å²) in [6.45, 7) is 1.32. The normalized spacial score (nSPS) is 14.2. The van der Waals surface area contributed by atoms with Gasteiger partial charge in [-0.15, -0.1) is 0 Å². The fourth-order valence-corrected chi connectivity index (χ4v) is 1.01. The SMILES string of the molecule is CN(C)CCOP(O)OC/C=C/O. The van der Waals surface area contributed by atoms with Crippen molar-refractivity contribution < 1.29 is 19.0 Å². The van der Waals surface area contributed by atoms with Crippen molar-refractivity contribution in [2.24, 2.45) is 0 Å². The van der Waals surface area contributed by atoms with Crippen LogP contribution in [0, 0.1) is 0 Å². The molecule has 0 bridgehead atoms. The zero-order valence-electron chi connectivity index (χ0n) is 7.88. The van der Waals surface area contributed by atoms with E-state index >= 15 is 0 Å². The molecule has 2 N–H and O–H groups in total. The van der Waals surface area contributed by atoms with Gasteiger partial charge < -0.3 is 23.9 Å². The average molecular weight is 209 g/mol. The van der Waals surface area contributed by atoms with E-state index in [9.17, 15) is 0 Å². The molecule has 78 valence electrons. The Morgan fingerprint density at radius 2 is 2.08 bits per heavy atom. The van der Waals surface area contributed by atoms with Gasteiger partial charge in [0.2, 0.25) is 0 Å². The maximum Gasteiger partial charge on any atom is 0.330 e. The first-order valence-electron chi connectivity index (χ1n) is 3.85. The van der Waals surface area contributed by atoms with Crippen LogP contribution < -0.4 is 0 Å². The van der Waals surface area contributed by atoms with Crippen LogP contribution in [0.15, 0.2) is 12.3 Å². The molecule has 1 unspecified atom stereocenters. The first-order valence-corrected chi connectivity index (χ1v) is 4.98. The highest BCUT2D eigenvalue weighted by atomic mass is 31.2. The topological polar surface area (TPSA) is 62.2 Å². The molecule has 0 radical (unpaired) electrons. The lowest BCUT2D eigenvalue weighted by Gasteiger charge is -2.12. The average Bonchev–Trinajstić information content (AvgIpc) is 2.04.